The Kier molecular flexibility index (Phi) is 2.84. The summed E-state index contributed by atoms with van der Waals surface area (Å²) in [7, 11) is 2.08. The molecule has 11 heavy (non-hydrogen) atoms. The summed E-state index contributed by atoms with van der Waals surface area (Å²) in [6.07, 6.45) is 1.84. The van der Waals surface area contributed by atoms with E-state index in [4.69, 9.17) is 5.73 Å². The molecule has 62 valence electrons. The van der Waals surface area contributed by atoms with Crippen LogP contribution in [0.15, 0.2) is 6.20 Å². The second-order valence-electron chi connectivity index (χ2n) is 2.50. The van der Waals surface area contributed by atoms with Crippen LogP contribution in [0, 0.1) is 0 Å². The maximum atomic E-state index is 5.48. The van der Waals surface area contributed by atoms with Crippen LogP contribution in [0.4, 0.5) is 5.13 Å². The number of nitrogens with two attached hydrogens (primary N) is 1. The molecule has 0 saturated heterocycles. The van der Waals surface area contributed by atoms with Gasteiger partial charge in [0.25, 0.3) is 0 Å². The Balaban J connectivity index is 2.50. The molecule has 0 amide bonds. The quantitative estimate of drug-likeness (QED) is 0.742. The molecule has 0 saturated carbocycles. The van der Waals surface area contributed by atoms with Gasteiger partial charge in [-0.2, -0.15) is 0 Å². The van der Waals surface area contributed by atoms with Gasteiger partial charge in [0.1, 0.15) is 0 Å². The fourth-order valence-electron chi connectivity index (χ4n) is 0.774. The highest BCUT2D eigenvalue weighted by Crippen LogP contribution is 2.15. The maximum Gasteiger partial charge on any atom is 0.180 e. The highest BCUT2D eigenvalue weighted by Gasteiger charge is 2.00. The number of hydrogen-bond donors (Lipinski definition) is 1. The molecule has 0 atom stereocenters. The third-order valence-electron chi connectivity index (χ3n) is 1.54. The van der Waals surface area contributed by atoms with Gasteiger partial charge in [-0.1, -0.05) is 6.92 Å². The van der Waals surface area contributed by atoms with Crippen LogP contribution < -0.4 is 5.73 Å². The topological polar surface area (TPSA) is 42.2 Å². The van der Waals surface area contributed by atoms with E-state index in [0.717, 1.165) is 13.1 Å². The maximum absolute atomic E-state index is 5.48. The van der Waals surface area contributed by atoms with E-state index >= 15 is 0 Å². The summed E-state index contributed by atoms with van der Waals surface area (Å²) in [5, 5.41) is 0.657. The molecule has 0 aliphatic carbocycles. The lowest BCUT2D eigenvalue weighted by Gasteiger charge is -2.10. The summed E-state index contributed by atoms with van der Waals surface area (Å²) in [5.74, 6) is 0. The second-order valence-corrected chi connectivity index (χ2v) is 3.64. The van der Waals surface area contributed by atoms with Gasteiger partial charge in [0.2, 0.25) is 0 Å². The molecule has 1 rings (SSSR count). The summed E-state index contributed by atoms with van der Waals surface area (Å²) in [6, 6.07) is 0. The predicted molar refractivity (Wildman–Crippen MR) is 48.5 cm³/mol. The number of hydrogen-bond acceptors (Lipinski definition) is 4. The zero-order valence-electron chi connectivity index (χ0n) is 6.87. The summed E-state index contributed by atoms with van der Waals surface area (Å²) >= 11 is 1.56. The van der Waals surface area contributed by atoms with Gasteiger partial charge in [0, 0.05) is 17.6 Å². The molecule has 0 unspecified atom stereocenters. The van der Waals surface area contributed by atoms with Crippen molar-refractivity contribution in [2.24, 2.45) is 0 Å². The minimum atomic E-state index is 0.657. The summed E-state index contributed by atoms with van der Waals surface area (Å²) < 4.78 is 0. The molecule has 0 radical (unpaired) electrons. The van der Waals surface area contributed by atoms with E-state index in [1.807, 2.05) is 6.20 Å². The van der Waals surface area contributed by atoms with Gasteiger partial charge < -0.3 is 10.6 Å². The Morgan fingerprint density at radius 3 is 2.91 bits per heavy atom. The third-order valence-corrected chi connectivity index (χ3v) is 2.35. The molecule has 3 nitrogen and oxygen atoms in total. The molecular formula is C7H13N3S. The van der Waals surface area contributed by atoms with Gasteiger partial charge in [-0.3, -0.25) is 0 Å². The van der Waals surface area contributed by atoms with Crippen molar-refractivity contribution in [1.82, 2.24) is 9.88 Å². The van der Waals surface area contributed by atoms with Crippen molar-refractivity contribution in [3.05, 3.63) is 11.1 Å². The minimum Gasteiger partial charge on any atom is -0.375 e. The fourth-order valence-corrected chi connectivity index (χ4v) is 1.54. The number of anilines is 1. The van der Waals surface area contributed by atoms with Crippen LogP contribution in [0.25, 0.3) is 0 Å². The van der Waals surface area contributed by atoms with Crippen LogP contribution in [0.3, 0.4) is 0 Å². The zero-order valence-corrected chi connectivity index (χ0v) is 7.69. The van der Waals surface area contributed by atoms with E-state index < -0.39 is 0 Å². The highest BCUT2D eigenvalue weighted by atomic mass is 32.1. The molecule has 0 fully saturated rings. The normalized spacial score (nSPS) is 10.8. The van der Waals surface area contributed by atoms with Crippen LogP contribution >= 0.6 is 11.3 Å². The van der Waals surface area contributed by atoms with E-state index in [1.165, 1.54) is 4.88 Å². The number of aromatic nitrogens is 1. The molecule has 1 aromatic heterocycles. The minimum absolute atomic E-state index is 0.657. The molecule has 0 bridgehead atoms. The number of rotatable bonds is 3. The van der Waals surface area contributed by atoms with E-state index in [0.29, 0.717) is 5.13 Å². The number of nitrogen functional groups attached to an aromatic ring is 1. The number of thiazole rings is 1. The molecule has 4 heteroatoms. The first-order chi connectivity index (χ1) is 5.22. The SMILES string of the molecule is CCN(C)Cc1cnc(N)s1. The Morgan fingerprint density at radius 1 is 1.73 bits per heavy atom. The van der Waals surface area contributed by atoms with E-state index in [9.17, 15) is 0 Å². The van der Waals surface area contributed by atoms with Crippen molar-refractivity contribution in [2.75, 3.05) is 19.3 Å². The molecule has 0 spiro atoms. The van der Waals surface area contributed by atoms with Gasteiger partial charge in [-0.25, -0.2) is 4.98 Å². The smallest absolute Gasteiger partial charge is 0.180 e. The molecule has 0 aliphatic rings. The first-order valence-electron chi connectivity index (χ1n) is 3.61. The Morgan fingerprint density at radius 2 is 2.45 bits per heavy atom. The summed E-state index contributed by atoms with van der Waals surface area (Å²) in [4.78, 5) is 7.42. The molecular weight excluding hydrogens is 158 g/mol. The van der Waals surface area contributed by atoms with E-state index in [2.05, 4.69) is 23.9 Å². The third kappa shape index (κ3) is 2.48. The standard InChI is InChI=1S/C7H13N3S/c1-3-10(2)5-6-4-9-7(8)11-6/h4H,3,5H2,1-2H3,(H2,8,9). The van der Waals surface area contributed by atoms with Crippen molar-refractivity contribution in [2.45, 2.75) is 13.5 Å². The van der Waals surface area contributed by atoms with Crippen molar-refractivity contribution in [3.8, 4) is 0 Å². The monoisotopic (exact) mass is 171 g/mol. The van der Waals surface area contributed by atoms with Gasteiger partial charge in [0.15, 0.2) is 5.13 Å². The van der Waals surface area contributed by atoms with Crippen LogP contribution in [0.1, 0.15) is 11.8 Å². The van der Waals surface area contributed by atoms with Crippen molar-refractivity contribution in [1.29, 1.82) is 0 Å². The van der Waals surface area contributed by atoms with Gasteiger partial charge in [-0.05, 0) is 13.6 Å². The zero-order chi connectivity index (χ0) is 8.27. The first-order valence-corrected chi connectivity index (χ1v) is 4.42. The summed E-state index contributed by atoms with van der Waals surface area (Å²) in [5.41, 5.74) is 5.48. The molecule has 1 aromatic rings. The first kappa shape index (κ1) is 8.49. The molecule has 0 aliphatic heterocycles. The lowest BCUT2D eigenvalue weighted by Crippen LogP contribution is -2.15. The van der Waals surface area contributed by atoms with Crippen LogP contribution in [-0.4, -0.2) is 23.5 Å². The largest absolute Gasteiger partial charge is 0.375 e. The Bertz CT molecular complexity index is 221. The lowest BCUT2D eigenvalue weighted by molar-refractivity contribution is 0.348. The second kappa shape index (κ2) is 3.69. The van der Waals surface area contributed by atoms with Gasteiger partial charge in [-0.15, -0.1) is 11.3 Å². The van der Waals surface area contributed by atoms with Gasteiger partial charge in [0.05, 0.1) is 0 Å². The van der Waals surface area contributed by atoms with Crippen molar-refractivity contribution < 1.29 is 0 Å². The Hall–Kier alpha value is -0.610. The highest BCUT2D eigenvalue weighted by molar-refractivity contribution is 7.15. The lowest BCUT2D eigenvalue weighted by atomic mass is 10.5. The fraction of sp³-hybridized carbons (Fsp3) is 0.571. The van der Waals surface area contributed by atoms with Crippen LogP contribution in [-0.2, 0) is 6.54 Å². The average Bonchev–Trinajstić information content (AvgIpc) is 2.35. The summed E-state index contributed by atoms with van der Waals surface area (Å²) in [6.45, 7) is 4.13. The molecule has 0 aromatic carbocycles. The van der Waals surface area contributed by atoms with E-state index in [-0.39, 0.29) is 0 Å². The van der Waals surface area contributed by atoms with Crippen molar-refractivity contribution in [3.63, 3.8) is 0 Å². The van der Waals surface area contributed by atoms with E-state index in [1.54, 1.807) is 11.3 Å². The molecule has 2 N–H and O–H groups in total. The Labute approximate surface area is 70.9 Å². The van der Waals surface area contributed by atoms with Crippen molar-refractivity contribution >= 4 is 16.5 Å². The number of nitrogens with zero attached hydrogens (tertiary/aromatic N) is 2. The average molecular weight is 171 g/mol. The van der Waals surface area contributed by atoms with Crippen LogP contribution in [0.2, 0.25) is 0 Å². The molecule has 1 heterocycles. The van der Waals surface area contributed by atoms with Gasteiger partial charge >= 0.3 is 0 Å². The van der Waals surface area contributed by atoms with Crippen LogP contribution in [0.5, 0.6) is 0 Å². The predicted octanol–water partition coefficient (Wildman–Crippen LogP) is 1.18.